The average molecular weight is 181 g/mol. The maximum Gasteiger partial charge on any atom is 0.243 e. The van der Waals surface area contributed by atoms with Gasteiger partial charge in [0.2, 0.25) is 5.91 Å². The van der Waals surface area contributed by atoms with Crippen LogP contribution in [0.3, 0.4) is 0 Å². The molecule has 4 heteroatoms. The summed E-state index contributed by atoms with van der Waals surface area (Å²) in [5.41, 5.74) is 4.81. The van der Waals surface area contributed by atoms with Crippen LogP contribution >= 0.6 is 0 Å². The topological polar surface area (TPSA) is 70.1 Å². The molecule has 0 aliphatic carbocycles. The van der Waals surface area contributed by atoms with Crippen LogP contribution in [-0.2, 0) is 4.79 Å². The van der Waals surface area contributed by atoms with Crippen molar-refractivity contribution in [2.75, 3.05) is 6.54 Å². The van der Waals surface area contributed by atoms with Gasteiger partial charge in [-0.1, -0.05) is 0 Å². The molecule has 1 aliphatic heterocycles. The van der Waals surface area contributed by atoms with Gasteiger partial charge in [0.25, 0.3) is 0 Å². The molecule has 1 atom stereocenters. The van der Waals surface area contributed by atoms with Gasteiger partial charge in [-0.15, -0.1) is 0 Å². The summed E-state index contributed by atoms with van der Waals surface area (Å²) in [7, 11) is 0. The first-order valence-corrected chi connectivity index (χ1v) is 4.46. The lowest BCUT2D eigenvalue weighted by molar-refractivity contribution is -0.135. The molecule has 1 heterocycles. The number of amides is 1. The number of carbonyl (C=O) groups is 1. The maximum absolute atomic E-state index is 11.7. The SMILES string of the molecule is CC(C)(N)C(=O)N1CCC[C@H]1C#N. The van der Waals surface area contributed by atoms with Gasteiger partial charge in [-0.2, -0.15) is 5.26 Å². The van der Waals surface area contributed by atoms with Gasteiger partial charge in [0.1, 0.15) is 6.04 Å². The molecule has 1 amide bonds. The Morgan fingerprint density at radius 3 is 2.77 bits per heavy atom. The quantitative estimate of drug-likeness (QED) is 0.630. The number of rotatable bonds is 1. The molecule has 0 bridgehead atoms. The predicted molar refractivity (Wildman–Crippen MR) is 48.6 cm³/mol. The molecule has 1 rings (SSSR count). The third-order valence-corrected chi connectivity index (χ3v) is 2.21. The van der Waals surface area contributed by atoms with E-state index < -0.39 is 5.54 Å². The number of nitrogens with zero attached hydrogens (tertiary/aromatic N) is 2. The second-order valence-corrected chi connectivity index (χ2v) is 4.01. The maximum atomic E-state index is 11.7. The first kappa shape index (κ1) is 10.0. The van der Waals surface area contributed by atoms with Crippen LogP contribution in [0.2, 0.25) is 0 Å². The molecule has 0 radical (unpaired) electrons. The molecule has 1 aliphatic rings. The summed E-state index contributed by atoms with van der Waals surface area (Å²) in [5, 5.41) is 8.77. The zero-order valence-electron chi connectivity index (χ0n) is 8.08. The zero-order chi connectivity index (χ0) is 10.1. The third-order valence-electron chi connectivity index (χ3n) is 2.21. The largest absolute Gasteiger partial charge is 0.325 e. The van der Waals surface area contributed by atoms with Gasteiger partial charge in [0, 0.05) is 6.54 Å². The Hall–Kier alpha value is -1.08. The lowest BCUT2D eigenvalue weighted by atomic mass is 10.1. The van der Waals surface area contributed by atoms with E-state index in [2.05, 4.69) is 6.07 Å². The first-order chi connectivity index (χ1) is 5.96. The van der Waals surface area contributed by atoms with E-state index in [1.54, 1.807) is 18.7 Å². The lowest BCUT2D eigenvalue weighted by Gasteiger charge is -2.27. The second-order valence-electron chi connectivity index (χ2n) is 4.01. The number of hydrogen-bond acceptors (Lipinski definition) is 3. The monoisotopic (exact) mass is 181 g/mol. The minimum absolute atomic E-state index is 0.128. The fraction of sp³-hybridized carbons (Fsp3) is 0.778. The molecule has 0 aromatic heterocycles. The number of hydrogen-bond donors (Lipinski definition) is 1. The highest BCUT2D eigenvalue weighted by Crippen LogP contribution is 2.19. The van der Waals surface area contributed by atoms with E-state index in [4.69, 9.17) is 11.0 Å². The molecule has 72 valence electrons. The minimum Gasteiger partial charge on any atom is -0.325 e. The van der Waals surface area contributed by atoms with Gasteiger partial charge in [-0.25, -0.2) is 0 Å². The van der Waals surface area contributed by atoms with E-state index in [0.29, 0.717) is 6.54 Å². The molecule has 1 saturated heterocycles. The lowest BCUT2D eigenvalue weighted by Crippen LogP contribution is -2.52. The second kappa shape index (κ2) is 3.35. The number of nitriles is 1. The molecule has 0 saturated carbocycles. The van der Waals surface area contributed by atoms with Crippen LogP contribution in [-0.4, -0.2) is 28.9 Å². The molecule has 0 aromatic rings. The van der Waals surface area contributed by atoms with Crippen molar-refractivity contribution in [3.05, 3.63) is 0 Å². The van der Waals surface area contributed by atoms with Crippen molar-refractivity contribution in [3.63, 3.8) is 0 Å². The van der Waals surface area contributed by atoms with Gasteiger partial charge in [-0.05, 0) is 26.7 Å². The van der Waals surface area contributed by atoms with E-state index in [9.17, 15) is 4.79 Å². The highest BCUT2D eigenvalue weighted by molar-refractivity contribution is 5.86. The number of likely N-dealkylation sites (tertiary alicyclic amines) is 1. The normalized spacial score (nSPS) is 22.9. The third kappa shape index (κ3) is 1.99. The Labute approximate surface area is 78.3 Å². The first-order valence-electron chi connectivity index (χ1n) is 4.46. The van der Waals surface area contributed by atoms with Gasteiger partial charge in [0.05, 0.1) is 11.6 Å². The van der Waals surface area contributed by atoms with E-state index in [1.165, 1.54) is 0 Å². The summed E-state index contributed by atoms with van der Waals surface area (Å²) in [6.45, 7) is 4.00. The Morgan fingerprint density at radius 2 is 2.31 bits per heavy atom. The Morgan fingerprint density at radius 1 is 1.69 bits per heavy atom. The molecule has 4 nitrogen and oxygen atoms in total. The summed E-state index contributed by atoms with van der Waals surface area (Å²) in [6, 6.07) is 1.85. The molecular formula is C9H15N3O. The highest BCUT2D eigenvalue weighted by Gasteiger charge is 2.35. The predicted octanol–water partition coefficient (Wildman–Crippen LogP) is 0.238. The molecule has 13 heavy (non-hydrogen) atoms. The summed E-state index contributed by atoms with van der Waals surface area (Å²) < 4.78 is 0. The molecule has 1 fully saturated rings. The van der Waals surface area contributed by atoms with Crippen LogP contribution in [0.5, 0.6) is 0 Å². The van der Waals surface area contributed by atoms with Crippen molar-refractivity contribution in [3.8, 4) is 6.07 Å². The smallest absolute Gasteiger partial charge is 0.243 e. The van der Waals surface area contributed by atoms with E-state index in [-0.39, 0.29) is 11.9 Å². The van der Waals surface area contributed by atoms with Gasteiger partial charge >= 0.3 is 0 Å². The standard InChI is InChI=1S/C9H15N3O/c1-9(2,11)8(13)12-5-3-4-7(12)6-10/h7H,3-5,11H2,1-2H3/t7-/m0/s1. The molecule has 0 aromatic carbocycles. The molecule has 0 unspecified atom stereocenters. The Balaban J connectivity index is 2.73. The van der Waals surface area contributed by atoms with E-state index in [1.807, 2.05) is 0 Å². The fourth-order valence-electron chi connectivity index (χ4n) is 1.51. The van der Waals surface area contributed by atoms with Crippen LogP contribution in [0.1, 0.15) is 26.7 Å². The van der Waals surface area contributed by atoms with Gasteiger partial charge < -0.3 is 10.6 Å². The van der Waals surface area contributed by atoms with Crippen LogP contribution < -0.4 is 5.73 Å². The number of carbonyl (C=O) groups excluding carboxylic acids is 1. The van der Waals surface area contributed by atoms with Crippen molar-refractivity contribution in [2.24, 2.45) is 5.73 Å². The zero-order valence-corrected chi connectivity index (χ0v) is 8.08. The van der Waals surface area contributed by atoms with Gasteiger partial charge in [0.15, 0.2) is 0 Å². The molecule has 2 N–H and O–H groups in total. The van der Waals surface area contributed by atoms with Crippen LogP contribution in [0.4, 0.5) is 0 Å². The fourth-order valence-corrected chi connectivity index (χ4v) is 1.51. The molecular weight excluding hydrogens is 166 g/mol. The summed E-state index contributed by atoms with van der Waals surface area (Å²) in [6.07, 6.45) is 1.68. The minimum atomic E-state index is -0.862. The van der Waals surface area contributed by atoms with Gasteiger partial charge in [-0.3, -0.25) is 4.79 Å². The highest BCUT2D eigenvalue weighted by atomic mass is 16.2. The van der Waals surface area contributed by atoms with Crippen molar-refractivity contribution >= 4 is 5.91 Å². The van der Waals surface area contributed by atoms with Crippen LogP contribution in [0.15, 0.2) is 0 Å². The van der Waals surface area contributed by atoms with Crippen molar-refractivity contribution < 1.29 is 4.79 Å². The van der Waals surface area contributed by atoms with Crippen LogP contribution in [0, 0.1) is 11.3 Å². The molecule has 0 spiro atoms. The van der Waals surface area contributed by atoms with E-state index >= 15 is 0 Å². The van der Waals surface area contributed by atoms with E-state index in [0.717, 1.165) is 12.8 Å². The van der Waals surface area contributed by atoms with Crippen molar-refractivity contribution in [1.29, 1.82) is 5.26 Å². The average Bonchev–Trinajstić information content (AvgIpc) is 2.48. The van der Waals surface area contributed by atoms with Crippen molar-refractivity contribution in [2.45, 2.75) is 38.3 Å². The van der Waals surface area contributed by atoms with Crippen LogP contribution in [0.25, 0.3) is 0 Å². The summed E-state index contributed by atoms with van der Waals surface area (Å²) >= 11 is 0. The van der Waals surface area contributed by atoms with Crippen molar-refractivity contribution in [1.82, 2.24) is 4.90 Å². The number of nitrogens with two attached hydrogens (primary N) is 1. The Kier molecular flexibility index (Phi) is 2.58. The summed E-state index contributed by atoms with van der Waals surface area (Å²) in [4.78, 5) is 13.3. The Bertz CT molecular complexity index is 249. The summed E-state index contributed by atoms with van der Waals surface area (Å²) in [5.74, 6) is -0.128.